The number of nitriles is 1. The zero-order valence-corrected chi connectivity index (χ0v) is 30.0. The molecule has 0 aromatic heterocycles. The third-order valence-electron chi connectivity index (χ3n) is 10.7. The Morgan fingerprint density at radius 3 is 2.31 bits per heavy atom. The van der Waals surface area contributed by atoms with Gasteiger partial charge < -0.3 is 33.3 Å². The molecular weight excluding hydrogens is 658 g/mol. The first-order valence-corrected chi connectivity index (χ1v) is 17.5. The quantitative estimate of drug-likeness (QED) is 0.135. The minimum atomic E-state index is -0.549. The van der Waals surface area contributed by atoms with E-state index in [1.165, 1.54) is 6.92 Å². The number of hydrogen-bond acceptors (Lipinski definition) is 10. The molecular formula is C42H41N3O7. The summed E-state index contributed by atoms with van der Waals surface area (Å²) in [7, 11) is 3.74. The molecule has 10 nitrogen and oxygen atoms in total. The molecule has 0 amide bonds. The lowest BCUT2D eigenvalue weighted by molar-refractivity contribution is -0.131. The van der Waals surface area contributed by atoms with E-state index in [1.54, 1.807) is 7.11 Å². The molecule has 10 heteroatoms. The second-order valence-electron chi connectivity index (χ2n) is 13.7. The van der Waals surface area contributed by atoms with Crippen molar-refractivity contribution in [3.05, 3.63) is 117 Å². The molecule has 4 atom stereocenters. The first-order valence-electron chi connectivity index (χ1n) is 17.5. The minimum Gasteiger partial charge on any atom is -0.493 e. The minimum absolute atomic E-state index is 0.0323. The summed E-state index contributed by atoms with van der Waals surface area (Å²) in [6, 6.07) is 23.4. The van der Waals surface area contributed by atoms with Crippen LogP contribution in [0, 0.1) is 25.2 Å². The number of carbonyl (C=O) groups excluding carboxylic acids is 1. The van der Waals surface area contributed by atoms with Gasteiger partial charge >= 0.3 is 5.97 Å². The fraction of sp³-hybridized carbons (Fsp3) is 0.333. The number of piperazine rings is 1. The van der Waals surface area contributed by atoms with Gasteiger partial charge in [-0.25, -0.2) is 0 Å². The van der Waals surface area contributed by atoms with Gasteiger partial charge in [-0.15, -0.1) is 0 Å². The van der Waals surface area contributed by atoms with E-state index in [2.05, 4.69) is 35.1 Å². The average molecular weight is 700 g/mol. The van der Waals surface area contributed by atoms with E-state index < -0.39 is 18.1 Å². The predicted octanol–water partition coefficient (Wildman–Crippen LogP) is 6.96. The highest BCUT2D eigenvalue weighted by molar-refractivity contribution is 5.81. The van der Waals surface area contributed by atoms with Gasteiger partial charge in [-0.3, -0.25) is 9.69 Å². The molecule has 0 spiro atoms. The topological polar surface area (TPSA) is 103 Å². The maximum absolute atomic E-state index is 12.6. The van der Waals surface area contributed by atoms with Crippen LogP contribution in [-0.2, 0) is 29.2 Å². The molecule has 4 aromatic carbocycles. The highest BCUT2D eigenvalue weighted by Crippen LogP contribution is 2.59. The van der Waals surface area contributed by atoms with Gasteiger partial charge in [-0.1, -0.05) is 66.7 Å². The van der Waals surface area contributed by atoms with Crippen LogP contribution in [0.4, 0.5) is 0 Å². The van der Waals surface area contributed by atoms with Crippen molar-refractivity contribution >= 4 is 12.0 Å². The van der Waals surface area contributed by atoms with Gasteiger partial charge in [-0.2, -0.15) is 5.26 Å². The number of fused-ring (bicyclic) bond motifs is 9. The van der Waals surface area contributed by atoms with Crippen LogP contribution in [0.5, 0.6) is 28.7 Å². The monoisotopic (exact) mass is 699 g/mol. The van der Waals surface area contributed by atoms with Gasteiger partial charge in [0.1, 0.15) is 18.4 Å². The summed E-state index contributed by atoms with van der Waals surface area (Å²) >= 11 is 0. The van der Waals surface area contributed by atoms with E-state index in [-0.39, 0.29) is 25.5 Å². The van der Waals surface area contributed by atoms with Crippen LogP contribution in [0.3, 0.4) is 0 Å². The van der Waals surface area contributed by atoms with Crippen molar-refractivity contribution in [1.29, 1.82) is 5.26 Å². The largest absolute Gasteiger partial charge is 0.493 e. The van der Waals surface area contributed by atoms with Crippen LogP contribution in [0.25, 0.3) is 6.08 Å². The van der Waals surface area contributed by atoms with Gasteiger partial charge in [0.05, 0.1) is 38.5 Å². The first-order chi connectivity index (χ1) is 25.3. The smallest absolute Gasteiger partial charge is 0.308 e. The molecule has 1 saturated heterocycles. The number of ether oxygens (including phenoxy) is 6. The average Bonchev–Trinajstić information content (AvgIpc) is 3.64. The van der Waals surface area contributed by atoms with E-state index in [1.807, 2.05) is 74.5 Å². The molecule has 52 heavy (non-hydrogen) atoms. The predicted molar refractivity (Wildman–Crippen MR) is 193 cm³/mol. The van der Waals surface area contributed by atoms with Crippen LogP contribution in [0.2, 0.25) is 0 Å². The molecule has 4 aliphatic heterocycles. The summed E-state index contributed by atoms with van der Waals surface area (Å²) in [6.07, 6.45) is 2.69. The first kappa shape index (κ1) is 33.6. The molecule has 266 valence electrons. The highest BCUT2D eigenvalue weighted by atomic mass is 16.7. The molecule has 1 fully saturated rings. The Labute approximate surface area is 303 Å². The van der Waals surface area contributed by atoms with Crippen molar-refractivity contribution in [2.45, 2.75) is 64.6 Å². The Kier molecular flexibility index (Phi) is 8.77. The summed E-state index contributed by atoms with van der Waals surface area (Å²) in [6.45, 7) is 6.30. The summed E-state index contributed by atoms with van der Waals surface area (Å²) < 4.78 is 37.5. The third kappa shape index (κ3) is 5.52. The molecule has 0 N–H and O–H groups in total. The number of methoxy groups -OCH3 is 1. The van der Waals surface area contributed by atoms with E-state index in [0.717, 1.165) is 39.1 Å². The van der Waals surface area contributed by atoms with Crippen molar-refractivity contribution in [2.75, 3.05) is 27.6 Å². The van der Waals surface area contributed by atoms with E-state index >= 15 is 0 Å². The second kappa shape index (κ2) is 13.6. The van der Waals surface area contributed by atoms with Crippen LogP contribution < -0.4 is 23.7 Å². The maximum Gasteiger partial charge on any atom is 0.308 e. The summed E-state index contributed by atoms with van der Waals surface area (Å²) in [5.41, 5.74) is 8.16. The summed E-state index contributed by atoms with van der Waals surface area (Å²) in [5.74, 6) is 2.43. The van der Waals surface area contributed by atoms with Crippen molar-refractivity contribution in [3.8, 4) is 34.8 Å². The highest BCUT2D eigenvalue weighted by Gasteiger charge is 2.54. The van der Waals surface area contributed by atoms with Gasteiger partial charge in [0, 0.05) is 40.9 Å². The molecule has 4 aromatic rings. The third-order valence-corrected chi connectivity index (χ3v) is 10.7. The molecule has 8 rings (SSSR count). The van der Waals surface area contributed by atoms with E-state index in [4.69, 9.17) is 28.4 Å². The van der Waals surface area contributed by atoms with Crippen LogP contribution in [0.15, 0.2) is 72.4 Å². The number of aryl methyl sites for hydroxylation is 1. The molecule has 4 aliphatic rings. The Morgan fingerprint density at radius 2 is 1.63 bits per heavy atom. The van der Waals surface area contributed by atoms with Gasteiger partial charge in [-0.05, 0) is 55.6 Å². The second-order valence-corrected chi connectivity index (χ2v) is 13.7. The number of likely N-dealkylation sites (N-methyl/N-ethyl adjacent to an activating group) is 1. The van der Waals surface area contributed by atoms with Gasteiger partial charge in [0.15, 0.2) is 23.0 Å². The summed E-state index contributed by atoms with van der Waals surface area (Å²) in [5, 5.41) is 11.0. The lowest BCUT2D eigenvalue weighted by atomic mass is 9.75. The van der Waals surface area contributed by atoms with Crippen LogP contribution in [0.1, 0.15) is 63.5 Å². The molecule has 4 heterocycles. The number of esters is 1. The van der Waals surface area contributed by atoms with Crippen LogP contribution in [-0.4, -0.2) is 55.4 Å². The van der Waals surface area contributed by atoms with Gasteiger partial charge in [0.2, 0.25) is 6.79 Å². The molecule has 2 bridgehead atoms. The van der Waals surface area contributed by atoms with Crippen LogP contribution >= 0.6 is 0 Å². The number of rotatable bonds is 9. The lowest BCUT2D eigenvalue weighted by Crippen LogP contribution is -2.62. The van der Waals surface area contributed by atoms with E-state index in [0.29, 0.717) is 59.5 Å². The van der Waals surface area contributed by atoms with E-state index in [9.17, 15) is 10.1 Å². The fourth-order valence-corrected chi connectivity index (χ4v) is 8.43. The Morgan fingerprint density at radius 1 is 0.942 bits per heavy atom. The molecule has 2 unspecified atom stereocenters. The van der Waals surface area contributed by atoms with Crippen molar-refractivity contribution in [2.24, 2.45) is 0 Å². The number of hydrogen-bond donors (Lipinski definition) is 0. The molecule has 0 aliphatic carbocycles. The number of nitrogens with zero attached hydrogens (tertiary/aromatic N) is 3. The maximum atomic E-state index is 12.6. The fourth-order valence-electron chi connectivity index (χ4n) is 8.43. The number of carbonyl (C=O) groups is 1. The Balaban J connectivity index is 1.34. The molecule has 0 saturated carbocycles. The SMILES string of the molecule is COc1c(C)cc2c(c1OCc1ccccc1)C1C3=Cc4c(OC(C)=O)c(C)c5c(c4[C@H](COCc4ccccc4)N3[C@@H](C#N)C(C2)N1C)OCO5. The Hall–Kier alpha value is -5.50. The lowest BCUT2D eigenvalue weighted by Gasteiger charge is -2.57. The van der Waals surface area contributed by atoms with Gasteiger partial charge in [0.25, 0.3) is 0 Å². The van der Waals surface area contributed by atoms with Crippen molar-refractivity contribution < 1.29 is 33.2 Å². The Bertz CT molecular complexity index is 2110. The zero-order chi connectivity index (χ0) is 36.1. The summed E-state index contributed by atoms with van der Waals surface area (Å²) in [4.78, 5) is 17.1. The van der Waals surface area contributed by atoms with Crippen molar-refractivity contribution in [1.82, 2.24) is 9.80 Å². The normalized spacial score (nSPS) is 20.9. The van der Waals surface area contributed by atoms with Crippen molar-refractivity contribution in [3.63, 3.8) is 0 Å². The standard InChI is InChI=1S/C42H41N3O7/c1-24-16-29-17-31-33(19-43)45-32(37(44(31)4)35(29)41(38(24)47-5)49-21-28-14-10-7-11-15-28)18-30-36(34(45)22-48-20-27-12-8-6-9-13-27)42-40(50-23-51-42)25(2)39(30)52-26(3)46/h6-16,18,31,33-34,37H,17,20-23H2,1-5H3/t31?,33-,34-,37?/m0/s1. The number of benzene rings is 4. The molecule has 0 radical (unpaired) electrons. The zero-order valence-electron chi connectivity index (χ0n) is 30.0.